The molecular weight excluding hydrogens is 344 g/mol. The molecule has 0 spiro atoms. The molecule has 0 aliphatic carbocycles. The molecule has 27 heavy (non-hydrogen) atoms. The van der Waals surface area contributed by atoms with E-state index in [1.807, 2.05) is 60.7 Å². The van der Waals surface area contributed by atoms with E-state index >= 15 is 0 Å². The minimum absolute atomic E-state index is 0.243. The Morgan fingerprint density at radius 3 is 2.41 bits per heavy atom. The molecule has 0 aliphatic rings. The Morgan fingerprint density at radius 2 is 1.70 bits per heavy atom. The van der Waals surface area contributed by atoms with Crippen molar-refractivity contribution in [3.8, 4) is 11.3 Å². The molecule has 7 heteroatoms. The molecule has 0 saturated carbocycles. The maximum Gasteiger partial charge on any atom is 0.287 e. The minimum atomic E-state index is -0.716. The van der Waals surface area contributed by atoms with Gasteiger partial charge in [-0.05, 0) is 18.6 Å². The van der Waals surface area contributed by atoms with Crippen molar-refractivity contribution in [2.45, 2.75) is 19.6 Å². The first-order valence-electron chi connectivity index (χ1n) is 8.50. The van der Waals surface area contributed by atoms with Gasteiger partial charge < -0.3 is 4.74 Å². The van der Waals surface area contributed by atoms with Gasteiger partial charge in [-0.3, -0.25) is 25.5 Å². The third kappa shape index (κ3) is 5.02. The number of hydrogen-bond acceptors (Lipinski definition) is 4. The lowest BCUT2D eigenvalue weighted by atomic mass is 10.1. The number of carbonyl (C=O) groups is 2. The van der Waals surface area contributed by atoms with E-state index in [2.05, 4.69) is 21.0 Å². The average molecular weight is 364 g/mol. The SMILES string of the molecule is CC(OCc1ccccc1)C(=O)NNC(=O)c1cc(-c2ccccc2)n[nH]1. The summed E-state index contributed by atoms with van der Waals surface area (Å²) in [4.78, 5) is 24.2. The van der Waals surface area contributed by atoms with Crippen molar-refractivity contribution in [1.82, 2.24) is 21.0 Å². The van der Waals surface area contributed by atoms with Gasteiger partial charge in [-0.1, -0.05) is 60.7 Å². The molecule has 0 saturated heterocycles. The van der Waals surface area contributed by atoms with Gasteiger partial charge in [0.25, 0.3) is 11.8 Å². The quantitative estimate of drug-likeness (QED) is 0.586. The van der Waals surface area contributed by atoms with Gasteiger partial charge in [0.05, 0.1) is 12.3 Å². The largest absolute Gasteiger partial charge is 0.364 e. The van der Waals surface area contributed by atoms with Gasteiger partial charge in [0.1, 0.15) is 11.8 Å². The van der Waals surface area contributed by atoms with Crippen LogP contribution in [0.15, 0.2) is 66.7 Å². The van der Waals surface area contributed by atoms with Crippen LogP contribution in [0.4, 0.5) is 0 Å². The van der Waals surface area contributed by atoms with Gasteiger partial charge in [-0.25, -0.2) is 0 Å². The van der Waals surface area contributed by atoms with Crippen LogP contribution in [0.25, 0.3) is 11.3 Å². The van der Waals surface area contributed by atoms with Crippen molar-refractivity contribution in [1.29, 1.82) is 0 Å². The third-order valence-electron chi connectivity index (χ3n) is 3.90. The number of benzene rings is 2. The molecule has 0 aliphatic heterocycles. The number of carbonyl (C=O) groups excluding carboxylic acids is 2. The van der Waals surface area contributed by atoms with Gasteiger partial charge in [0.2, 0.25) is 0 Å². The molecule has 0 bridgehead atoms. The standard InChI is InChI=1S/C20H20N4O3/c1-14(27-13-15-8-4-2-5-9-15)19(25)23-24-20(26)18-12-17(21-22-18)16-10-6-3-7-11-16/h2-12,14H,13H2,1H3,(H,21,22)(H,23,25)(H,24,26). The summed E-state index contributed by atoms with van der Waals surface area (Å²) in [6.45, 7) is 1.93. The third-order valence-corrected chi connectivity index (χ3v) is 3.90. The van der Waals surface area contributed by atoms with E-state index in [0.29, 0.717) is 12.3 Å². The molecule has 3 N–H and O–H groups in total. The monoisotopic (exact) mass is 364 g/mol. The van der Waals surface area contributed by atoms with Gasteiger partial charge in [-0.15, -0.1) is 0 Å². The summed E-state index contributed by atoms with van der Waals surface area (Å²) < 4.78 is 5.51. The summed E-state index contributed by atoms with van der Waals surface area (Å²) in [6, 6.07) is 20.6. The second kappa shape index (κ2) is 8.77. The zero-order valence-electron chi connectivity index (χ0n) is 14.8. The summed E-state index contributed by atoms with van der Waals surface area (Å²) in [6.07, 6.45) is -0.716. The van der Waals surface area contributed by atoms with Crippen molar-refractivity contribution in [3.05, 3.63) is 78.0 Å². The fraction of sp³-hybridized carbons (Fsp3) is 0.150. The van der Waals surface area contributed by atoms with Crippen LogP contribution in [-0.4, -0.2) is 28.1 Å². The smallest absolute Gasteiger partial charge is 0.287 e. The topological polar surface area (TPSA) is 96.1 Å². The molecule has 0 radical (unpaired) electrons. The van der Waals surface area contributed by atoms with Gasteiger partial charge >= 0.3 is 0 Å². The Hall–Kier alpha value is -3.45. The molecule has 3 aromatic rings. The van der Waals surface area contributed by atoms with Crippen molar-refractivity contribution >= 4 is 11.8 Å². The van der Waals surface area contributed by atoms with E-state index in [-0.39, 0.29) is 5.69 Å². The zero-order chi connectivity index (χ0) is 19.1. The highest BCUT2D eigenvalue weighted by molar-refractivity contribution is 5.95. The number of hydrogen-bond donors (Lipinski definition) is 3. The van der Waals surface area contributed by atoms with Crippen LogP contribution in [0.5, 0.6) is 0 Å². The maximum atomic E-state index is 12.2. The van der Waals surface area contributed by atoms with E-state index in [9.17, 15) is 9.59 Å². The average Bonchev–Trinajstić information content (AvgIpc) is 3.22. The summed E-state index contributed by atoms with van der Waals surface area (Å²) in [5.41, 5.74) is 7.45. The fourth-order valence-electron chi connectivity index (χ4n) is 2.35. The molecule has 0 fully saturated rings. The Bertz CT molecular complexity index is 894. The maximum absolute atomic E-state index is 12.2. The molecule has 2 amide bonds. The Balaban J connectivity index is 1.48. The van der Waals surface area contributed by atoms with E-state index < -0.39 is 17.9 Å². The Labute approximate surface area is 156 Å². The van der Waals surface area contributed by atoms with Crippen LogP contribution in [0.1, 0.15) is 23.0 Å². The van der Waals surface area contributed by atoms with Gasteiger partial charge in [-0.2, -0.15) is 5.10 Å². The van der Waals surface area contributed by atoms with Crippen LogP contribution in [-0.2, 0) is 16.1 Å². The summed E-state index contributed by atoms with van der Waals surface area (Å²) in [7, 11) is 0. The first kappa shape index (κ1) is 18.3. The van der Waals surface area contributed by atoms with Crippen LogP contribution in [0.2, 0.25) is 0 Å². The van der Waals surface area contributed by atoms with Crippen molar-refractivity contribution in [3.63, 3.8) is 0 Å². The first-order valence-corrected chi connectivity index (χ1v) is 8.50. The number of aromatic nitrogens is 2. The molecule has 138 valence electrons. The van der Waals surface area contributed by atoms with Gasteiger partial charge in [0, 0.05) is 5.56 Å². The number of nitrogens with one attached hydrogen (secondary N) is 3. The highest BCUT2D eigenvalue weighted by Gasteiger charge is 2.16. The lowest BCUT2D eigenvalue weighted by Crippen LogP contribution is -2.46. The van der Waals surface area contributed by atoms with Crippen molar-refractivity contribution in [2.75, 3.05) is 0 Å². The Kier molecular flexibility index (Phi) is 5.96. The van der Waals surface area contributed by atoms with E-state index in [0.717, 1.165) is 11.1 Å². The minimum Gasteiger partial charge on any atom is -0.364 e. The summed E-state index contributed by atoms with van der Waals surface area (Å²) in [5, 5.41) is 6.77. The number of amides is 2. The van der Waals surface area contributed by atoms with Crippen molar-refractivity contribution in [2.24, 2.45) is 0 Å². The first-order chi connectivity index (χ1) is 13.1. The predicted octanol–water partition coefficient (Wildman–Crippen LogP) is 2.44. The number of aromatic amines is 1. The van der Waals surface area contributed by atoms with E-state index in [4.69, 9.17) is 4.74 Å². The van der Waals surface area contributed by atoms with E-state index in [1.165, 1.54) is 0 Å². The van der Waals surface area contributed by atoms with Crippen molar-refractivity contribution < 1.29 is 14.3 Å². The molecule has 1 atom stereocenters. The molecular formula is C20H20N4O3. The number of rotatable bonds is 6. The Morgan fingerprint density at radius 1 is 1.04 bits per heavy atom. The number of hydrazine groups is 1. The molecule has 3 rings (SSSR count). The molecule has 2 aromatic carbocycles. The molecule has 1 heterocycles. The predicted molar refractivity (Wildman–Crippen MR) is 100 cm³/mol. The van der Waals surface area contributed by atoms with Crippen LogP contribution in [0, 0.1) is 0 Å². The van der Waals surface area contributed by atoms with E-state index in [1.54, 1.807) is 13.0 Å². The fourth-order valence-corrected chi connectivity index (χ4v) is 2.35. The molecule has 7 nitrogen and oxygen atoms in total. The highest BCUT2D eigenvalue weighted by atomic mass is 16.5. The summed E-state index contributed by atoms with van der Waals surface area (Å²) in [5.74, 6) is -0.935. The van der Waals surface area contributed by atoms with Crippen LogP contribution in [0.3, 0.4) is 0 Å². The number of nitrogens with zero attached hydrogens (tertiary/aromatic N) is 1. The van der Waals surface area contributed by atoms with Crippen LogP contribution < -0.4 is 10.9 Å². The van der Waals surface area contributed by atoms with Gasteiger partial charge in [0.15, 0.2) is 0 Å². The normalized spacial score (nSPS) is 11.6. The second-order valence-electron chi connectivity index (χ2n) is 5.92. The summed E-state index contributed by atoms with van der Waals surface area (Å²) >= 11 is 0. The number of H-pyrrole nitrogens is 1. The zero-order valence-corrected chi connectivity index (χ0v) is 14.8. The molecule has 1 aromatic heterocycles. The second-order valence-corrected chi connectivity index (χ2v) is 5.92. The lowest BCUT2D eigenvalue weighted by molar-refractivity contribution is -0.133. The lowest BCUT2D eigenvalue weighted by Gasteiger charge is -2.13. The van der Waals surface area contributed by atoms with Crippen LogP contribution >= 0.6 is 0 Å². The molecule has 1 unspecified atom stereocenters. The highest BCUT2D eigenvalue weighted by Crippen LogP contribution is 2.16. The number of ether oxygens (including phenoxy) is 1.